The van der Waals surface area contributed by atoms with E-state index in [1.807, 2.05) is 24.3 Å². The summed E-state index contributed by atoms with van der Waals surface area (Å²) in [6.45, 7) is 5.80. The summed E-state index contributed by atoms with van der Waals surface area (Å²) in [4.78, 5) is 30.8. The Bertz CT molecular complexity index is 1220. The number of hydrogen-bond donors (Lipinski definition) is 3. The fourth-order valence-electron chi connectivity index (χ4n) is 3.05. The molecule has 2 aromatic rings. The third-order valence-corrected chi connectivity index (χ3v) is 4.65. The molecule has 0 aliphatic carbocycles. The van der Waals surface area contributed by atoms with E-state index < -0.39 is 5.56 Å². The third kappa shape index (κ3) is 3.86. The van der Waals surface area contributed by atoms with Gasteiger partial charge in [-0.1, -0.05) is 24.3 Å². The normalized spacial score (nSPS) is 13.9. The van der Waals surface area contributed by atoms with Gasteiger partial charge < -0.3 is 10.4 Å². The van der Waals surface area contributed by atoms with Crippen molar-refractivity contribution in [1.29, 1.82) is 0 Å². The molecule has 0 saturated heterocycles. The molecule has 3 rings (SSSR count). The van der Waals surface area contributed by atoms with Crippen molar-refractivity contribution in [3.63, 3.8) is 0 Å². The van der Waals surface area contributed by atoms with E-state index in [1.165, 1.54) is 11.5 Å². The highest BCUT2D eigenvalue weighted by Crippen LogP contribution is 2.23. The Kier molecular flexibility index (Phi) is 5.70. The van der Waals surface area contributed by atoms with Crippen molar-refractivity contribution in [3.8, 4) is 5.88 Å². The molecule has 7 nitrogen and oxygen atoms in total. The minimum absolute atomic E-state index is 0.0685. The lowest BCUT2D eigenvalue weighted by atomic mass is 10.1. The molecular formula is C20H20N4O3S. The van der Waals surface area contributed by atoms with Crippen molar-refractivity contribution in [2.24, 2.45) is 4.99 Å². The number of H-pyrrole nitrogens is 1. The number of aromatic amines is 1. The second kappa shape index (κ2) is 8.18. The Morgan fingerprint density at radius 3 is 2.89 bits per heavy atom. The van der Waals surface area contributed by atoms with Crippen LogP contribution in [0.2, 0.25) is 0 Å². The number of carbonyl (C=O) groups is 1. The second-order valence-electron chi connectivity index (χ2n) is 6.27. The maximum atomic E-state index is 12.4. The average Bonchev–Trinajstić information content (AvgIpc) is 2.99. The molecule has 1 aromatic carbocycles. The summed E-state index contributed by atoms with van der Waals surface area (Å²) in [5, 5.41) is 15.1. The van der Waals surface area contributed by atoms with Gasteiger partial charge in [0.15, 0.2) is 4.77 Å². The van der Waals surface area contributed by atoms with Gasteiger partial charge in [-0.15, -0.1) is 6.58 Å². The van der Waals surface area contributed by atoms with Crippen molar-refractivity contribution in [2.75, 3.05) is 6.54 Å². The van der Waals surface area contributed by atoms with Gasteiger partial charge in [-0.05, 0) is 36.4 Å². The summed E-state index contributed by atoms with van der Waals surface area (Å²) in [5.41, 5.74) is 1.03. The van der Waals surface area contributed by atoms with Gasteiger partial charge in [0.25, 0.3) is 5.56 Å². The molecule has 0 radical (unpaired) electrons. The molecule has 0 bridgehead atoms. The van der Waals surface area contributed by atoms with Crippen molar-refractivity contribution in [1.82, 2.24) is 14.9 Å². The number of benzene rings is 1. The molecule has 2 heterocycles. The summed E-state index contributed by atoms with van der Waals surface area (Å²) >= 11 is 5.11. The number of allylic oxidation sites excluding steroid dienone is 2. The number of rotatable bonds is 6. The molecule has 0 unspecified atom stereocenters. The minimum atomic E-state index is -0.498. The van der Waals surface area contributed by atoms with Crippen molar-refractivity contribution in [2.45, 2.75) is 19.9 Å². The van der Waals surface area contributed by atoms with E-state index in [4.69, 9.17) is 12.2 Å². The molecule has 28 heavy (non-hydrogen) atoms. The lowest BCUT2D eigenvalue weighted by molar-refractivity contribution is -0.118. The maximum absolute atomic E-state index is 12.4. The number of aromatic nitrogens is 2. The average molecular weight is 396 g/mol. The fourth-order valence-corrected chi connectivity index (χ4v) is 3.30. The van der Waals surface area contributed by atoms with Gasteiger partial charge in [-0.2, -0.15) is 0 Å². The number of nitrogens with one attached hydrogen (secondary N) is 2. The van der Waals surface area contributed by atoms with Crippen LogP contribution in [0.3, 0.4) is 0 Å². The van der Waals surface area contributed by atoms with E-state index in [9.17, 15) is 14.7 Å². The first-order valence-electron chi connectivity index (χ1n) is 8.72. The van der Waals surface area contributed by atoms with E-state index >= 15 is 0 Å². The topological polar surface area (TPSA) is 99.5 Å². The second-order valence-corrected chi connectivity index (χ2v) is 6.65. The van der Waals surface area contributed by atoms with Crippen molar-refractivity contribution in [3.05, 3.63) is 73.9 Å². The monoisotopic (exact) mass is 396 g/mol. The predicted octanol–water partition coefficient (Wildman–Crippen LogP) is 1.15. The predicted molar refractivity (Wildman–Crippen MR) is 110 cm³/mol. The number of para-hydroxylation sites is 1. The first kappa shape index (κ1) is 19.5. The highest BCUT2D eigenvalue weighted by molar-refractivity contribution is 7.71. The molecule has 0 saturated carbocycles. The summed E-state index contributed by atoms with van der Waals surface area (Å²) in [6, 6.07) is 7.61. The summed E-state index contributed by atoms with van der Waals surface area (Å²) in [7, 11) is 0. The number of aromatic hydroxyl groups is 1. The van der Waals surface area contributed by atoms with Crippen molar-refractivity contribution >= 4 is 29.8 Å². The van der Waals surface area contributed by atoms with Gasteiger partial charge in [-0.3, -0.25) is 19.1 Å². The molecule has 1 aliphatic rings. The minimum Gasteiger partial charge on any atom is -0.494 e. The van der Waals surface area contributed by atoms with E-state index in [1.54, 1.807) is 12.2 Å². The molecular weight excluding hydrogens is 376 g/mol. The van der Waals surface area contributed by atoms with E-state index in [-0.39, 0.29) is 28.7 Å². The van der Waals surface area contributed by atoms with Crippen LogP contribution in [0.5, 0.6) is 5.88 Å². The molecule has 1 amide bonds. The molecule has 144 valence electrons. The Hall–Kier alpha value is -3.26. The van der Waals surface area contributed by atoms with Gasteiger partial charge in [0, 0.05) is 25.2 Å². The van der Waals surface area contributed by atoms with Crippen LogP contribution in [0.4, 0.5) is 0 Å². The van der Waals surface area contributed by atoms with Crippen LogP contribution in [-0.4, -0.2) is 27.1 Å². The zero-order valence-corrected chi connectivity index (χ0v) is 16.2. The van der Waals surface area contributed by atoms with Crippen LogP contribution in [0.1, 0.15) is 18.9 Å². The number of amides is 1. The SMILES string of the molecule is C=CCn1c(O)c(/C=C2\N=c3ccccc3=C2CCNC(C)=O)c(=O)[nH]c1=S. The number of carbonyl (C=O) groups excluding carboxylic acids is 1. The molecule has 0 fully saturated rings. The van der Waals surface area contributed by atoms with Crippen molar-refractivity contribution < 1.29 is 9.90 Å². The molecule has 8 heteroatoms. The standard InChI is InChI=1S/C20H20N4O3S/c1-3-10-24-19(27)15(18(26)23-20(24)28)11-17-14(8-9-21-12(2)25)13-6-4-5-7-16(13)22-17/h3-7,11,27H,1,8-10H2,2H3,(H,21,25)(H,23,26,28)/b17-11-. The molecule has 1 aromatic heterocycles. The van der Waals surface area contributed by atoms with Crippen LogP contribution in [0.25, 0.3) is 11.6 Å². The maximum Gasteiger partial charge on any atom is 0.262 e. The Morgan fingerprint density at radius 1 is 1.43 bits per heavy atom. The first-order valence-corrected chi connectivity index (χ1v) is 9.13. The van der Waals surface area contributed by atoms with Gasteiger partial charge in [-0.25, -0.2) is 4.99 Å². The lowest BCUT2D eigenvalue weighted by Gasteiger charge is -2.10. The largest absolute Gasteiger partial charge is 0.494 e. The zero-order chi connectivity index (χ0) is 20.3. The molecule has 0 spiro atoms. The lowest BCUT2D eigenvalue weighted by Crippen LogP contribution is -2.25. The molecule has 3 N–H and O–H groups in total. The third-order valence-electron chi connectivity index (χ3n) is 4.33. The van der Waals surface area contributed by atoms with Gasteiger partial charge in [0.1, 0.15) is 5.56 Å². The van der Waals surface area contributed by atoms with Gasteiger partial charge in [0.05, 0.1) is 11.1 Å². The first-order chi connectivity index (χ1) is 13.4. The Labute approximate surface area is 166 Å². The summed E-state index contributed by atoms with van der Waals surface area (Å²) in [5.74, 6) is -0.358. The van der Waals surface area contributed by atoms with Crippen LogP contribution in [0.15, 0.2) is 52.4 Å². The van der Waals surface area contributed by atoms with E-state index in [0.717, 1.165) is 16.1 Å². The van der Waals surface area contributed by atoms with Crippen LogP contribution >= 0.6 is 12.2 Å². The fraction of sp³-hybridized carbons (Fsp3) is 0.200. The summed E-state index contributed by atoms with van der Waals surface area (Å²) < 4.78 is 1.50. The Balaban J connectivity index is 2.14. The quantitative estimate of drug-likeness (QED) is 0.504. The van der Waals surface area contributed by atoms with Crippen LogP contribution < -0.4 is 21.5 Å². The van der Waals surface area contributed by atoms with Gasteiger partial charge >= 0.3 is 0 Å². The highest BCUT2D eigenvalue weighted by Gasteiger charge is 2.16. The van der Waals surface area contributed by atoms with Crippen LogP contribution in [-0.2, 0) is 11.3 Å². The number of nitrogens with zero attached hydrogens (tertiary/aromatic N) is 2. The highest BCUT2D eigenvalue weighted by atomic mass is 32.1. The molecule has 0 atom stereocenters. The van der Waals surface area contributed by atoms with E-state index in [2.05, 4.69) is 21.9 Å². The smallest absolute Gasteiger partial charge is 0.262 e. The van der Waals surface area contributed by atoms with E-state index in [0.29, 0.717) is 18.7 Å². The number of fused-ring (bicyclic) bond motifs is 1. The molecule has 1 aliphatic heterocycles. The van der Waals surface area contributed by atoms with Crippen LogP contribution in [0, 0.1) is 4.77 Å². The summed E-state index contributed by atoms with van der Waals surface area (Å²) in [6.07, 6.45) is 3.66. The number of hydrogen-bond acceptors (Lipinski definition) is 5. The van der Waals surface area contributed by atoms with Gasteiger partial charge in [0.2, 0.25) is 11.8 Å². The Morgan fingerprint density at radius 2 is 2.18 bits per heavy atom. The zero-order valence-electron chi connectivity index (χ0n) is 15.4.